The summed E-state index contributed by atoms with van der Waals surface area (Å²) >= 11 is 0. The summed E-state index contributed by atoms with van der Waals surface area (Å²) < 4.78 is 0. The van der Waals surface area contributed by atoms with Crippen molar-refractivity contribution >= 4 is 17.5 Å². The summed E-state index contributed by atoms with van der Waals surface area (Å²) in [4.78, 5) is 23.6. The highest BCUT2D eigenvalue weighted by Crippen LogP contribution is 2.22. The quantitative estimate of drug-likeness (QED) is 0.389. The van der Waals surface area contributed by atoms with Crippen molar-refractivity contribution in [1.82, 2.24) is 5.48 Å². The maximum Gasteiger partial charge on any atom is 0.275 e. The van der Waals surface area contributed by atoms with Crippen LogP contribution in [0.5, 0.6) is 5.75 Å². The van der Waals surface area contributed by atoms with Gasteiger partial charge in [0.25, 0.3) is 11.8 Å². The van der Waals surface area contributed by atoms with Crippen molar-refractivity contribution in [2.24, 2.45) is 0 Å². The molecular formula is C14H12N2O4. The molecular weight excluding hydrogens is 260 g/mol. The van der Waals surface area contributed by atoms with E-state index in [2.05, 4.69) is 5.32 Å². The Kier molecular flexibility index (Phi) is 3.97. The Balaban J connectivity index is 2.31. The summed E-state index contributed by atoms with van der Waals surface area (Å²) in [6, 6.07) is 12.3. The maximum atomic E-state index is 12.1. The van der Waals surface area contributed by atoms with E-state index in [0.717, 1.165) is 0 Å². The summed E-state index contributed by atoms with van der Waals surface area (Å²) in [7, 11) is 0. The van der Waals surface area contributed by atoms with E-state index >= 15 is 0 Å². The molecule has 0 radical (unpaired) electrons. The third kappa shape index (κ3) is 2.76. The van der Waals surface area contributed by atoms with Gasteiger partial charge in [0.15, 0.2) is 0 Å². The lowest BCUT2D eigenvalue weighted by molar-refractivity contribution is 0.0703. The Morgan fingerprint density at radius 2 is 1.40 bits per heavy atom. The predicted molar refractivity (Wildman–Crippen MR) is 71.8 cm³/mol. The number of phenolic OH excluding ortho intramolecular Hbond substituents is 1. The first-order valence-electron chi connectivity index (χ1n) is 5.76. The van der Waals surface area contributed by atoms with E-state index in [1.54, 1.807) is 24.3 Å². The molecule has 0 atom stereocenters. The second-order valence-electron chi connectivity index (χ2n) is 3.96. The number of nitrogens with one attached hydrogen (secondary N) is 2. The molecule has 0 heterocycles. The van der Waals surface area contributed by atoms with Crippen molar-refractivity contribution in [3.8, 4) is 5.75 Å². The zero-order valence-electron chi connectivity index (χ0n) is 10.3. The number of hydrogen-bond donors (Lipinski definition) is 4. The van der Waals surface area contributed by atoms with E-state index in [4.69, 9.17) is 5.21 Å². The van der Waals surface area contributed by atoms with Crippen LogP contribution in [-0.4, -0.2) is 22.1 Å². The van der Waals surface area contributed by atoms with Gasteiger partial charge in [-0.05, 0) is 24.3 Å². The number of carbonyl (C=O) groups is 2. The molecule has 0 aliphatic carbocycles. The first kappa shape index (κ1) is 13.6. The van der Waals surface area contributed by atoms with Gasteiger partial charge in [-0.25, -0.2) is 5.48 Å². The number of rotatable bonds is 3. The first-order valence-corrected chi connectivity index (χ1v) is 5.76. The molecule has 0 fully saturated rings. The Morgan fingerprint density at radius 3 is 2.00 bits per heavy atom. The normalized spacial score (nSPS) is 9.85. The first-order chi connectivity index (χ1) is 9.63. The lowest BCUT2D eigenvalue weighted by Gasteiger charge is -2.09. The number of hydrogen-bond acceptors (Lipinski definition) is 4. The molecule has 0 bridgehead atoms. The predicted octanol–water partition coefficient (Wildman–Crippen LogP) is 1.76. The molecule has 0 saturated carbocycles. The van der Waals surface area contributed by atoms with Crippen LogP contribution in [0.4, 0.5) is 5.69 Å². The van der Waals surface area contributed by atoms with E-state index in [9.17, 15) is 14.7 Å². The zero-order chi connectivity index (χ0) is 14.5. The highest BCUT2D eigenvalue weighted by atomic mass is 16.5. The molecule has 0 spiro atoms. The fourth-order valence-corrected chi connectivity index (χ4v) is 1.71. The average Bonchev–Trinajstić information content (AvgIpc) is 2.48. The smallest absolute Gasteiger partial charge is 0.275 e. The van der Waals surface area contributed by atoms with Gasteiger partial charge in [-0.2, -0.15) is 0 Å². The number of carbonyl (C=O) groups excluding carboxylic acids is 2. The number of anilines is 1. The van der Waals surface area contributed by atoms with Crippen molar-refractivity contribution in [1.29, 1.82) is 0 Å². The van der Waals surface area contributed by atoms with Crippen molar-refractivity contribution in [2.45, 2.75) is 0 Å². The van der Waals surface area contributed by atoms with Crippen LogP contribution >= 0.6 is 0 Å². The van der Waals surface area contributed by atoms with Gasteiger partial charge >= 0.3 is 0 Å². The van der Waals surface area contributed by atoms with Gasteiger partial charge in [0.05, 0.1) is 16.8 Å². The third-order valence-electron chi connectivity index (χ3n) is 2.67. The third-order valence-corrected chi connectivity index (χ3v) is 2.67. The number of hydroxylamine groups is 1. The van der Waals surface area contributed by atoms with Crippen LogP contribution < -0.4 is 10.8 Å². The highest BCUT2D eigenvalue weighted by molar-refractivity contribution is 6.12. The lowest BCUT2D eigenvalue weighted by Crippen LogP contribution is -2.23. The van der Waals surface area contributed by atoms with E-state index in [1.807, 2.05) is 0 Å². The topological polar surface area (TPSA) is 98.7 Å². The number of aromatic hydroxyl groups is 1. The molecule has 2 aromatic carbocycles. The number of amides is 2. The molecule has 2 amide bonds. The van der Waals surface area contributed by atoms with Crippen molar-refractivity contribution in [2.75, 3.05) is 5.32 Å². The summed E-state index contributed by atoms with van der Waals surface area (Å²) in [6.45, 7) is 0. The Bertz CT molecular complexity index is 655. The fourth-order valence-electron chi connectivity index (χ4n) is 1.71. The van der Waals surface area contributed by atoms with Crippen LogP contribution in [0, 0.1) is 0 Å². The summed E-state index contributed by atoms with van der Waals surface area (Å²) in [5.41, 5.74) is 1.83. The SMILES string of the molecule is O=C(NO)c1ccccc1C(=O)Nc1ccccc1O. The summed E-state index contributed by atoms with van der Waals surface area (Å²) in [6.07, 6.45) is 0. The van der Waals surface area contributed by atoms with E-state index in [0.29, 0.717) is 0 Å². The summed E-state index contributed by atoms with van der Waals surface area (Å²) in [5, 5.41) is 20.7. The van der Waals surface area contributed by atoms with Gasteiger partial charge in [-0.3, -0.25) is 14.8 Å². The maximum absolute atomic E-state index is 12.1. The molecule has 0 aliphatic heterocycles. The minimum Gasteiger partial charge on any atom is -0.506 e. The van der Waals surface area contributed by atoms with Crippen LogP contribution in [0.15, 0.2) is 48.5 Å². The van der Waals surface area contributed by atoms with Gasteiger partial charge in [-0.1, -0.05) is 24.3 Å². The van der Waals surface area contributed by atoms with E-state index < -0.39 is 11.8 Å². The number of phenols is 1. The van der Waals surface area contributed by atoms with Crippen LogP contribution in [0.2, 0.25) is 0 Å². The second-order valence-corrected chi connectivity index (χ2v) is 3.96. The molecule has 2 rings (SSSR count). The Morgan fingerprint density at radius 1 is 0.850 bits per heavy atom. The molecule has 6 heteroatoms. The van der Waals surface area contributed by atoms with Crippen LogP contribution in [0.3, 0.4) is 0 Å². The van der Waals surface area contributed by atoms with E-state index in [1.165, 1.54) is 29.7 Å². The molecule has 0 unspecified atom stereocenters. The van der Waals surface area contributed by atoms with Crippen molar-refractivity contribution in [3.63, 3.8) is 0 Å². The Labute approximate surface area is 114 Å². The largest absolute Gasteiger partial charge is 0.506 e. The second kappa shape index (κ2) is 5.85. The molecule has 4 N–H and O–H groups in total. The number of para-hydroxylation sites is 2. The summed E-state index contributed by atoms with van der Waals surface area (Å²) in [5.74, 6) is -1.43. The van der Waals surface area contributed by atoms with Crippen LogP contribution in [-0.2, 0) is 0 Å². The average molecular weight is 272 g/mol. The fraction of sp³-hybridized carbons (Fsp3) is 0. The standard InChI is InChI=1S/C14H12N2O4/c17-12-8-4-3-7-11(12)15-13(18)9-5-1-2-6-10(9)14(19)16-20/h1-8,17,20H,(H,15,18)(H,16,19). The zero-order valence-corrected chi connectivity index (χ0v) is 10.3. The van der Waals surface area contributed by atoms with Crippen LogP contribution in [0.1, 0.15) is 20.7 Å². The molecule has 102 valence electrons. The molecule has 0 saturated heterocycles. The lowest BCUT2D eigenvalue weighted by atomic mass is 10.1. The van der Waals surface area contributed by atoms with E-state index in [-0.39, 0.29) is 22.6 Å². The van der Waals surface area contributed by atoms with Gasteiger partial charge in [0, 0.05) is 0 Å². The monoisotopic (exact) mass is 272 g/mol. The Hall–Kier alpha value is -2.86. The molecule has 0 aliphatic rings. The molecule has 0 aromatic heterocycles. The van der Waals surface area contributed by atoms with Crippen molar-refractivity contribution in [3.05, 3.63) is 59.7 Å². The van der Waals surface area contributed by atoms with Gasteiger partial charge in [0.2, 0.25) is 0 Å². The molecule has 6 nitrogen and oxygen atoms in total. The van der Waals surface area contributed by atoms with Crippen molar-refractivity contribution < 1.29 is 19.9 Å². The minimum absolute atomic E-state index is 0.0305. The van der Waals surface area contributed by atoms with Gasteiger partial charge in [-0.15, -0.1) is 0 Å². The van der Waals surface area contributed by atoms with Gasteiger partial charge < -0.3 is 10.4 Å². The van der Waals surface area contributed by atoms with Crippen LogP contribution in [0.25, 0.3) is 0 Å². The molecule has 20 heavy (non-hydrogen) atoms. The minimum atomic E-state index is -0.784. The molecule has 2 aromatic rings. The highest BCUT2D eigenvalue weighted by Gasteiger charge is 2.16. The number of benzene rings is 2. The van der Waals surface area contributed by atoms with Gasteiger partial charge in [0.1, 0.15) is 5.75 Å².